The minimum atomic E-state index is 0.318. The summed E-state index contributed by atoms with van der Waals surface area (Å²) < 4.78 is 7.43. The van der Waals surface area contributed by atoms with Gasteiger partial charge in [-0.05, 0) is 43.1 Å². The van der Waals surface area contributed by atoms with Crippen LogP contribution in [0.25, 0.3) is 0 Å². The normalized spacial score (nSPS) is 16.3. The van der Waals surface area contributed by atoms with Crippen molar-refractivity contribution in [2.24, 2.45) is 0 Å². The van der Waals surface area contributed by atoms with E-state index in [-0.39, 0.29) is 0 Å². The smallest absolute Gasteiger partial charge is 0.229 e. The monoisotopic (exact) mass is 365 g/mol. The van der Waals surface area contributed by atoms with Gasteiger partial charge in [0, 0.05) is 30.8 Å². The maximum absolute atomic E-state index is 5.49. The number of hydrogen-bond donors (Lipinski definition) is 0. The molecular formula is C21H27N5O. The maximum atomic E-state index is 5.49. The van der Waals surface area contributed by atoms with Crippen LogP contribution in [0, 0.1) is 0 Å². The molecule has 0 saturated carbocycles. The molecule has 6 heteroatoms. The highest BCUT2D eigenvalue weighted by atomic mass is 16.5. The molecule has 1 fully saturated rings. The van der Waals surface area contributed by atoms with E-state index in [1.807, 2.05) is 23.1 Å². The molecule has 0 amide bonds. The van der Waals surface area contributed by atoms with Crippen LogP contribution in [0.1, 0.15) is 61.4 Å². The zero-order valence-corrected chi connectivity index (χ0v) is 16.1. The van der Waals surface area contributed by atoms with Crippen molar-refractivity contribution in [1.82, 2.24) is 24.8 Å². The largest absolute Gasteiger partial charge is 0.339 e. The quantitative estimate of drug-likeness (QED) is 0.665. The summed E-state index contributed by atoms with van der Waals surface area (Å²) in [6, 6.07) is 10.8. The highest BCUT2D eigenvalue weighted by Gasteiger charge is 2.25. The lowest BCUT2D eigenvalue weighted by molar-refractivity contribution is 0.187. The van der Waals surface area contributed by atoms with Crippen LogP contribution < -0.4 is 0 Å². The summed E-state index contributed by atoms with van der Waals surface area (Å²) in [6.07, 6.45) is 5.97. The first-order valence-electron chi connectivity index (χ1n) is 9.78. The van der Waals surface area contributed by atoms with Gasteiger partial charge in [-0.3, -0.25) is 9.58 Å². The van der Waals surface area contributed by atoms with E-state index in [0.29, 0.717) is 11.8 Å². The molecule has 0 atom stereocenters. The van der Waals surface area contributed by atoms with Crippen LogP contribution in [0.15, 0.2) is 47.2 Å². The minimum Gasteiger partial charge on any atom is -0.339 e. The topological polar surface area (TPSA) is 60.0 Å². The van der Waals surface area contributed by atoms with Gasteiger partial charge in [0.05, 0.1) is 6.54 Å². The zero-order chi connectivity index (χ0) is 18.6. The van der Waals surface area contributed by atoms with Gasteiger partial charge in [0.2, 0.25) is 5.89 Å². The number of aromatic nitrogens is 4. The van der Waals surface area contributed by atoms with Gasteiger partial charge in [0.25, 0.3) is 0 Å². The molecule has 4 rings (SSSR count). The second-order valence-electron chi connectivity index (χ2n) is 7.72. The van der Waals surface area contributed by atoms with Crippen LogP contribution in [0.5, 0.6) is 0 Å². The molecule has 0 unspecified atom stereocenters. The Kier molecular flexibility index (Phi) is 5.34. The minimum absolute atomic E-state index is 0.318. The molecule has 1 saturated heterocycles. The van der Waals surface area contributed by atoms with Gasteiger partial charge in [-0.15, -0.1) is 0 Å². The van der Waals surface area contributed by atoms with Crippen LogP contribution in [-0.4, -0.2) is 37.9 Å². The van der Waals surface area contributed by atoms with Crippen LogP contribution in [-0.2, 0) is 13.1 Å². The second-order valence-corrected chi connectivity index (χ2v) is 7.72. The summed E-state index contributed by atoms with van der Waals surface area (Å²) in [5.41, 5.74) is 2.64. The summed E-state index contributed by atoms with van der Waals surface area (Å²) in [7, 11) is 0. The van der Waals surface area contributed by atoms with Crippen molar-refractivity contribution in [2.75, 3.05) is 13.1 Å². The Morgan fingerprint density at radius 2 is 1.78 bits per heavy atom. The van der Waals surface area contributed by atoms with E-state index in [9.17, 15) is 0 Å². The number of rotatable bonds is 6. The van der Waals surface area contributed by atoms with Gasteiger partial charge in [-0.25, -0.2) is 0 Å². The summed E-state index contributed by atoms with van der Waals surface area (Å²) in [5.74, 6) is 2.36. The molecule has 0 N–H and O–H groups in total. The summed E-state index contributed by atoms with van der Waals surface area (Å²) >= 11 is 0. The molecule has 0 bridgehead atoms. The molecule has 1 aliphatic heterocycles. The number of nitrogens with zero attached hydrogens (tertiary/aromatic N) is 5. The second kappa shape index (κ2) is 8.05. The number of likely N-dealkylation sites (tertiary alicyclic amines) is 1. The number of piperidine rings is 1. The highest BCUT2D eigenvalue weighted by Crippen LogP contribution is 2.28. The molecule has 2 aromatic heterocycles. The fourth-order valence-corrected chi connectivity index (χ4v) is 3.57. The lowest BCUT2D eigenvalue weighted by Gasteiger charge is -2.30. The Morgan fingerprint density at radius 1 is 1.07 bits per heavy atom. The average Bonchev–Trinajstić information content (AvgIpc) is 3.36. The standard InChI is InChI=1S/C21H27N5O/c1-16(2)20-23-21(27-24-20)19-8-12-25(13-9-19)14-17-4-6-18(7-5-17)15-26-11-3-10-22-26/h3-7,10-11,16,19H,8-9,12-15H2,1-2H3. The average molecular weight is 365 g/mol. The fraction of sp³-hybridized carbons (Fsp3) is 0.476. The van der Waals surface area contributed by atoms with E-state index < -0.39 is 0 Å². The van der Waals surface area contributed by atoms with E-state index in [1.54, 1.807) is 0 Å². The van der Waals surface area contributed by atoms with E-state index in [4.69, 9.17) is 4.52 Å². The maximum Gasteiger partial charge on any atom is 0.229 e. The predicted octanol–water partition coefficient (Wildman–Crippen LogP) is 3.82. The van der Waals surface area contributed by atoms with Gasteiger partial charge >= 0.3 is 0 Å². The van der Waals surface area contributed by atoms with Crippen molar-refractivity contribution in [3.63, 3.8) is 0 Å². The molecule has 1 aromatic carbocycles. The van der Waals surface area contributed by atoms with E-state index in [0.717, 1.165) is 50.7 Å². The Bertz CT molecular complexity index is 830. The van der Waals surface area contributed by atoms with E-state index >= 15 is 0 Å². The lowest BCUT2D eigenvalue weighted by Crippen LogP contribution is -2.32. The molecule has 0 aliphatic carbocycles. The third-order valence-electron chi connectivity index (χ3n) is 5.24. The molecule has 142 valence electrons. The van der Waals surface area contributed by atoms with Crippen molar-refractivity contribution < 1.29 is 4.52 Å². The van der Waals surface area contributed by atoms with Crippen LogP contribution in [0.2, 0.25) is 0 Å². The highest BCUT2D eigenvalue weighted by molar-refractivity contribution is 5.22. The van der Waals surface area contributed by atoms with Gasteiger partial charge < -0.3 is 4.52 Å². The third-order valence-corrected chi connectivity index (χ3v) is 5.24. The van der Waals surface area contributed by atoms with Crippen molar-refractivity contribution in [3.05, 3.63) is 65.6 Å². The first kappa shape index (κ1) is 17.9. The first-order valence-corrected chi connectivity index (χ1v) is 9.78. The molecular weight excluding hydrogens is 338 g/mol. The predicted molar refractivity (Wildman–Crippen MR) is 103 cm³/mol. The fourth-order valence-electron chi connectivity index (χ4n) is 3.57. The Morgan fingerprint density at radius 3 is 2.37 bits per heavy atom. The molecule has 27 heavy (non-hydrogen) atoms. The van der Waals surface area contributed by atoms with E-state index in [2.05, 4.69) is 58.3 Å². The Balaban J connectivity index is 1.28. The van der Waals surface area contributed by atoms with Gasteiger partial charge in [-0.1, -0.05) is 43.3 Å². The summed E-state index contributed by atoms with van der Waals surface area (Å²) in [6.45, 7) is 8.14. The van der Waals surface area contributed by atoms with Crippen molar-refractivity contribution in [3.8, 4) is 0 Å². The number of benzene rings is 1. The van der Waals surface area contributed by atoms with Crippen molar-refractivity contribution >= 4 is 0 Å². The van der Waals surface area contributed by atoms with Gasteiger partial charge in [-0.2, -0.15) is 10.1 Å². The molecule has 3 aromatic rings. The van der Waals surface area contributed by atoms with Crippen LogP contribution in [0.4, 0.5) is 0 Å². The Hall–Kier alpha value is -2.47. The lowest BCUT2D eigenvalue weighted by atomic mass is 9.96. The van der Waals surface area contributed by atoms with Crippen LogP contribution in [0.3, 0.4) is 0 Å². The Labute approximate surface area is 160 Å². The zero-order valence-electron chi connectivity index (χ0n) is 16.1. The SMILES string of the molecule is CC(C)c1noc(C2CCN(Cc3ccc(Cn4cccn4)cc3)CC2)n1. The van der Waals surface area contributed by atoms with Gasteiger partial charge in [0.1, 0.15) is 0 Å². The molecule has 0 radical (unpaired) electrons. The van der Waals surface area contributed by atoms with Crippen molar-refractivity contribution in [1.29, 1.82) is 0 Å². The van der Waals surface area contributed by atoms with Crippen LogP contribution >= 0.6 is 0 Å². The number of hydrogen-bond acceptors (Lipinski definition) is 5. The third kappa shape index (κ3) is 4.45. The molecule has 6 nitrogen and oxygen atoms in total. The first-order chi connectivity index (χ1) is 13.2. The molecule has 1 aliphatic rings. The van der Waals surface area contributed by atoms with Gasteiger partial charge in [0.15, 0.2) is 5.82 Å². The van der Waals surface area contributed by atoms with Crippen molar-refractivity contribution in [2.45, 2.75) is 51.6 Å². The summed E-state index contributed by atoms with van der Waals surface area (Å²) in [5, 5.41) is 8.37. The van der Waals surface area contributed by atoms with E-state index in [1.165, 1.54) is 11.1 Å². The summed E-state index contributed by atoms with van der Waals surface area (Å²) in [4.78, 5) is 7.09. The molecule has 3 heterocycles. The molecule has 0 spiro atoms.